The smallest absolute Gasteiger partial charge is 0.250 e. The Labute approximate surface area is 159 Å². The molecule has 0 bridgehead atoms. The molecule has 2 aromatic carbocycles. The summed E-state index contributed by atoms with van der Waals surface area (Å²) in [6.07, 6.45) is 2.64. The lowest BCUT2D eigenvalue weighted by molar-refractivity contribution is -0.114. The van der Waals surface area contributed by atoms with E-state index in [0.717, 1.165) is 6.07 Å². The van der Waals surface area contributed by atoms with Gasteiger partial charge in [-0.3, -0.25) is 4.79 Å². The first kappa shape index (κ1) is 17.8. The lowest BCUT2D eigenvalue weighted by Crippen LogP contribution is -2.36. The fourth-order valence-corrected chi connectivity index (χ4v) is 3.20. The summed E-state index contributed by atoms with van der Waals surface area (Å²) in [7, 11) is 0. The molecule has 28 heavy (non-hydrogen) atoms. The van der Waals surface area contributed by atoms with Gasteiger partial charge in [-0.1, -0.05) is 6.58 Å². The van der Waals surface area contributed by atoms with Crippen molar-refractivity contribution < 1.29 is 18.3 Å². The van der Waals surface area contributed by atoms with E-state index in [1.54, 1.807) is 17.0 Å². The van der Waals surface area contributed by atoms with E-state index in [1.807, 2.05) is 0 Å². The van der Waals surface area contributed by atoms with Gasteiger partial charge in [0.05, 0.1) is 23.1 Å². The third kappa shape index (κ3) is 3.24. The predicted octanol–water partition coefficient (Wildman–Crippen LogP) is 3.43. The van der Waals surface area contributed by atoms with Crippen LogP contribution in [0.1, 0.15) is 5.56 Å². The first-order chi connectivity index (χ1) is 13.6. The summed E-state index contributed by atoms with van der Waals surface area (Å²) in [6, 6.07) is 6.84. The third-order valence-corrected chi connectivity index (χ3v) is 4.41. The summed E-state index contributed by atoms with van der Waals surface area (Å²) in [6.45, 7) is 4.41. The molecule has 1 amide bonds. The van der Waals surface area contributed by atoms with Crippen molar-refractivity contribution in [2.75, 3.05) is 23.4 Å². The molecule has 0 radical (unpaired) electrons. The summed E-state index contributed by atoms with van der Waals surface area (Å²) in [5.41, 5.74) is 1.64. The molecule has 4 rings (SSSR count). The summed E-state index contributed by atoms with van der Waals surface area (Å²) in [4.78, 5) is 22.2. The molecule has 0 saturated carbocycles. The monoisotopic (exact) mass is 382 g/mol. The molecule has 0 saturated heterocycles. The van der Waals surface area contributed by atoms with Crippen LogP contribution in [0, 0.1) is 11.6 Å². The largest absolute Gasteiger partial charge is 0.489 e. The molecule has 1 aromatic heterocycles. The number of fused-ring (bicyclic) bond motifs is 3. The fraction of sp³-hybridized carbons (Fsp3) is 0.150. The van der Waals surface area contributed by atoms with Gasteiger partial charge in [0.1, 0.15) is 30.4 Å². The molecule has 0 atom stereocenters. The second kappa shape index (κ2) is 7.22. The van der Waals surface area contributed by atoms with Crippen molar-refractivity contribution in [2.24, 2.45) is 0 Å². The zero-order valence-corrected chi connectivity index (χ0v) is 14.8. The zero-order valence-electron chi connectivity index (χ0n) is 14.8. The van der Waals surface area contributed by atoms with Crippen molar-refractivity contribution in [1.29, 1.82) is 0 Å². The molecule has 0 unspecified atom stereocenters. The Kier molecular flexibility index (Phi) is 4.60. The molecule has 6 nitrogen and oxygen atoms in total. The van der Waals surface area contributed by atoms with Gasteiger partial charge in [0.2, 0.25) is 0 Å². The summed E-state index contributed by atoms with van der Waals surface area (Å²) < 4.78 is 32.7. The average molecular weight is 382 g/mol. The molecule has 1 aliphatic rings. The van der Waals surface area contributed by atoms with Crippen LogP contribution < -0.4 is 15.0 Å². The maximum atomic E-state index is 13.4. The van der Waals surface area contributed by atoms with E-state index in [1.165, 1.54) is 24.5 Å². The third-order valence-electron chi connectivity index (χ3n) is 4.41. The highest BCUT2D eigenvalue weighted by atomic mass is 19.1. The summed E-state index contributed by atoms with van der Waals surface area (Å²) in [5.74, 6) is -0.607. The van der Waals surface area contributed by atoms with Crippen molar-refractivity contribution >= 4 is 28.3 Å². The van der Waals surface area contributed by atoms with Crippen molar-refractivity contribution in [2.45, 2.75) is 6.54 Å². The first-order valence-corrected chi connectivity index (χ1v) is 8.60. The van der Waals surface area contributed by atoms with Crippen molar-refractivity contribution in [3.63, 3.8) is 0 Å². The molecular formula is C20H16F2N4O2. The van der Waals surface area contributed by atoms with Gasteiger partial charge in [-0.15, -0.1) is 0 Å². The van der Waals surface area contributed by atoms with Crippen molar-refractivity contribution in [3.8, 4) is 5.75 Å². The number of aromatic nitrogens is 2. The summed E-state index contributed by atoms with van der Waals surface area (Å²) in [5, 5.41) is 3.67. The topological polar surface area (TPSA) is 67.4 Å². The van der Waals surface area contributed by atoms with Crippen LogP contribution in [0.15, 0.2) is 49.3 Å². The van der Waals surface area contributed by atoms with E-state index in [-0.39, 0.29) is 12.5 Å². The quantitative estimate of drug-likeness (QED) is 0.701. The molecular weight excluding hydrogens is 366 g/mol. The van der Waals surface area contributed by atoms with Gasteiger partial charge in [-0.25, -0.2) is 18.7 Å². The number of anilines is 2. The van der Waals surface area contributed by atoms with E-state index in [4.69, 9.17) is 4.74 Å². The number of nitrogens with one attached hydrogen (secondary N) is 1. The van der Waals surface area contributed by atoms with Gasteiger partial charge < -0.3 is 15.0 Å². The molecule has 1 N–H and O–H groups in total. The van der Waals surface area contributed by atoms with Crippen LogP contribution in [0.2, 0.25) is 0 Å². The number of halogens is 2. The Balaban J connectivity index is 1.75. The zero-order chi connectivity index (χ0) is 19.7. The molecule has 0 aliphatic carbocycles. The van der Waals surface area contributed by atoms with Crippen LogP contribution >= 0.6 is 0 Å². The number of carbonyl (C=O) groups excluding carboxylic acids is 1. The Morgan fingerprint density at radius 3 is 2.79 bits per heavy atom. The van der Waals surface area contributed by atoms with Gasteiger partial charge >= 0.3 is 0 Å². The van der Waals surface area contributed by atoms with Crippen molar-refractivity contribution in [1.82, 2.24) is 9.97 Å². The minimum absolute atomic E-state index is 0.153. The van der Waals surface area contributed by atoms with Gasteiger partial charge in [0.25, 0.3) is 5.91 Å². The van der Waals surface area contributed by atoms with E-state index >= 15 is 0 Å². The highest BCUT2D eigenvalue weighted by Crippen LogP contribution is 2.40. The Morgan fingerprint density at radius 2 is 2.04 bits per heavy atom. The molecule has 142 valence electrons. The number of rotatable bonds is 4. The summed E-state index contributed by atoms with van der Waals surface area (Å²) >= 11 is 0. The molecule has 1 aliphatic heterocycles. The van der Waals surface area contributed by atoms with Crippen LogP contribution in [-0.2, 0) is 11.3 Å². The normalized spacial score (nSPS) is 13.0. The van der Waals surface area contributed by atoms with E-state index in [9.17, 15) is 13.6 Å². The minimum atomic E-state index is -0.649. The number of ether oxygens (including phenoxy) is 1. The van der Waals surface area contributed by atoms with Gasteiger partial charge in [-0.2, -0.15) is 0 Å². The van der Waals surface area contributed by atoms with Gasteiger partial charge in [-0.05, 0) is 35.9 Å². The van der Waals surface area contributed by atoms with Crippen LogP contribution in [0.5, 0.6) is 5.75 Å². The molecule has 2 heterocycles. The molecule has 8 heteroatoms. The lowest BCUT2D eigenvalue weighted by atomic mass is 10.1. The molecule has 3 aromatic rings. The number of hydrogen-bond donors (Lipinski definition) is 1. The predicted molar refractivity (Wildman–Crippen MR) is 101 cm³/mol. The number of hydrogen-bond acceptors (Lipinski definition) is 5. The Bertz CT molecular complexity index is 1070. The average Bonchev–Trinajstić information content (AvgIpc) is 2.70. The number of benzene rings is 2. The lowest BCUT2D eigenvalue weighted by Gasteiger charge is -2.29. The van der Waals surface area contributed by atoms with Gasteiger partial charge in [0, 0.05) is 12.6 Å². The Hall–Kier alpha value is -3.55. The second-order valence-corrected chi connectivity index (χ2v) is 6.20. The maximum absolute atomic E-state index is 13.4. The van der Waals surface area contributed by atoms with Crippen LogP contribution in [-0.4, -0.2) is 29.0 Å². The SMILES string of the molecule is C=CC(=O)N1CCOc2c1ccc1ncnc(NCc3cc(F)cc(F)c3)c21. The maximum Gasteiger partial charge on any atom is 0.250 e. The highest BCUT2D eigenvalue weighted by molar-refractivity contribution is 6.07. The van der Waals surface area contributed by atoms with E-state index < -0.39 is 11.6 Å². The second-order valence-electron chi connectivity index (χ2n) is 6.20. The highest BCUT2D eigenvalue weighted by Gasteiger charge is 2.25. The number of carbonyl (C=O) groups is 1. The standard InChI is InChI=1S/C20H16F2N4O2/c1-2-17(27)26-5-6-28-19-16(26)4-3-15-18(19)20(25-11-24-15)23-10-12-7-13(21)9-14(22)8-12/h2-4,7-9,11H,1,5-6,10H2,(H,23,24,25). The van der Waals surface area contributed by atoms with Crippen LogP contribution in [0.25, 0.3) is 10.9 Å². The molecule has 0 fully saturated rings. The minimum Gasteiger partial charge on any atom is -0.489 e. The van der Waals surface area contributed by atoms with E-state index in [0.29, 0.717) is 46.9 Å². The van der Waals surface area contributed by atoms with Gasteiger partial charge in [0.15, 0.2) is 5.75 Å². The fourth-order valence-electron chi connectivity index (χ4n) is 3.20. The Morgan fingerprint density at radius 1 is 1.25 bits per heavy atom. The number of nitrogens with zero attached hydrogens (tertiary/aromatic N) is 3. The molecule has 0 spiro atoms. The van der Waals surface area contributed by atoms with Crippen molar-refractivity contribution in [3.05, 3.63) is 66.5 Å². The van der Waals surface area contributed by atoms with Crippen LogP contribution in [0.4, 0.5) is 20.3 Å². The van der Waals surface area contributed by atoms with Crippen LogP contribution in [0.3, 0.4) is 0 Å². The first-order valence-electron chi connectivity index (χ1n) is 8.60. The number of amides is 1. The van der Waals surface area contributed by atoms with E-state index in [2.05, 4.69) is 21.9 Å².